The summed E-state index contributed by atoms with van der Waals surface area (Å²) in [6, 6.07) is 10.6. The Hall–Kier alpha value is -0.870. The van der Waals surface area contributed by atoms with Crippen LogP contribution in [-0.4, -0.2) is 0 Å². The molecule has 0 atom stereocenters. The second kappa shape index (κ2) is 5.85. The van der Waals surface area contributed by atoms with Gasteiger partial charge in [0.15, 0.2) is 0 Å². The lowest BCUT2D eigenvalue weighted by molar-refractivity contribution is 0.473. The SMILES string of the molecule is Cc1ccc(Oc2ccc(CBr)cc2Br)cc1F. The van der Waals surface area contributed by atoms with Crippen LogP contribution in [-0.2, 0) is 5.33 Å². The van der Waals surface area contributed by atoms with Crippen molar-refractivity contribution in [2.45, 2.75) is 12.3 Å². The number of alkyl halides is 1. The van der Waals surface area contributed by atoms with E-state index in [4.69, 9.17) is 4.74 Å². The van der Waals surface area contributed by atoms with Gasteiger partial charge in [0.25, 0.3) is 0 Å². The van der Waals surface area contributed by atoms with Crippen LogP contribution in [0.15, 0.2) is 40.9 Å². The van der Waals surface area contributed by atoms with Gasteiger partial charge >= 0.3 is 0 Å². The summed E-state index contributed by atoms with van der Waals surface area (Å²) in [5.74, 6) is 0.897. The molecule has 4 heteroatoms. The van der Waals surface area contributed by atoms with E-state index in [0.717, 1.165) is 15.4 Å². The first-order valence-electron chi connectivity index (χ1n) is 5.38. The quantitative estimate of drug-likeness (QED) is 0.637. The van der Waals surface area contributed by atoms with Crippen LogP contribution in [0.5, 0.6) is 11.5 Å². The van der Waals surface area contributed by atoms with Crippen molar-refractivity contribution in [1.82, 2.24) is 0 Å². The molecule has 0 aliphatic heterocycles. The van der Waals surface area contributed by atoms with E-state index < -0.39 is 0 Å². The van der Waals surface area contributed by atoms with Crippen molar-refractivity contribution in [2.75, 3.05) is 0 Å². The van der Waals surface area contributed by atoms with E-state index in [-0.39, 0.29) is 5.82 Å². The average Bonchev–Trinajstić information content (AvgIpc) is 2.36. The summed E-state index contributed by atoms with van der Waals surface area (Å²) in [5.41, 5.74) is 1.75. The van der Waals surface area contributed by atoms with Crippen LogP contribution in [0.1, 0.15) is 11.1 Å². The van der Waals surface area contributed by atoms with Gasteiger partial charge in [-0.15, -0.1) is 0 Å². The third-order valence-electron chi connectivity index (χ3n) is 2.52. The van der Waals surface area contributed by atoms with Gasteiger partial charge < -0.3 is 4.74 Å². The Morgan fingerprint density at radius 3 is 2.56 bits per heavy atom. The van der Waals surface area contributed by atoms with E-state index in [2.05, 4.69) is 31.9 Å². The molecule has 2 rings (SSSR count). The summed E-state index contributed by atoms with van der Waals surface area (Å²) in [6.45, 7) is 1.72. The number of rotatable bonds is 3. The molecule has 0 radical (unpaired) electrons. The van der Waals surface area contributed by atoms with E-state index >= 15 is 0 Å². The molecule has 0 aliphatic carbocycles. The van der Waals surface area contributed by atoms with Gasteiger partial charge in [-0.25, -0.2) is 4.39 Å². The molecule has 0 saturated carbocycles. The maximum atomic E-state index is 13.4. The third-order valence-corrected chi connectivity index (χ3v) is 3.79. The maximum absolute atomic E-state index is 13.4. The highest BCUT2D eigenvalue weighted by molar-refractivity contribution is 9.10. The lowest BCUT2D eigenvalue weighted by Crippen LogP contribution is -1.89. The Morgan fingerprint density at radius 2 is 1.94 bits per heavy atom. The monoisotopic (exact) mass is 372 g/mol. The number of hydrogen-bond donors (Lipinski definition) is 0. The fraction of sp³-hybridized carbons (Fsp3) is 0.143. The van der Waals surface area contributed by atoms with E-state index in [1.54, 1.807) is 19.1 Å². The maximum Gasteiger partial charge on any atom is 0.141 e. The van der Waals surface area contributed by atoms with Crippen molar-refractivity contribution < 1.29 is 9.13 Å². The van der Waals surface area contributed by atoms with Crippen molar-refractivity contribution in [2.24, 2.45) is 0 Å². The summed E-state index contributed by atoms with van der Waals surface area (Å²) in [6.07, 6.45) is 0. The van der Waals surface area contributed by atoms with E-state index in [0.29, 0.717) is 17.1 Å². The topological polar surface area (TPSA) is 9.23 Å². The number of halogens is 3. The summed E-state index contributed by atoms with van der Waals surface area (Å²) >= 11 is 6.83. The Morgan fingerprint density at radius 1 is 1.17 bits per heavy atom. The minimum atomic E-state index is -0.263. The number of benzene rings is 2. The average molecular weight is 374 g/mol. The van der Waals surface area contributed by atoms with Crippen molar-refractivity contribution in [3.63, 3.8) is 0 Å². The molecule has 0 aromatic heterocycles. The van der Waals surface area contributed by atoms with E-state index in [9.17, 15) is 4.39 Å². The smallest absolute Gasteiger partial charge is 0.141 e. The second-order valence-corrected chi connectivity index (χ2v) is 5.33. The predicted octanol–water partition coefficient (Wildman–Crippen LogP) is 5.58. The minimum Gasteiger partial charge on any atom is -0.456 e. The summed E-state index contributed by atoms with van der Waals surface area (Å²) < 4.78 is 19.9. The van der Waals surface area contributed by atoms with Gasteiger partial charge in [0, 0.05) is 11.4 Å². The Balaban J connectivity index is 2.25. The second-order valence-electron chi connectivity index (χ2n) is 3.91. The van der Waals surface area contributed by atoms with Crippen LogP contribution in [0.2, 0.25) is 0 Å². The minimum absolute atomic E-state index is 0.263. The van der Waals surface area contributed by atoms with Gasteiger partial charge in [-0.3, -0.25) is 0 Å². The van der Waals surface area contributed by atoms with E-state index in [1.807, 2.05) is 18.2 Å². The lowest BCUT2D eigenvalue weighted by atomic mass is 10.2. The van der Waals surface area contributed by atoms with E-state index in [1.165, 1.54) is 6.07 Å². The van der Waals surface area contributed by atoms with Gasteiger partial charge in [-0.1, -0.05) is 28.1 Å². The molecule has 94 valence electrons. The predicted molar refractivity (Wildman–Crippen MR) is 78.0 cm³/mol. The van der Waals surface area contributed by atoms with Crippen molar-refractivity contribution in [3.05, 3.63) is 57.8 Å². The van der Waals surface area contributed by atoms with Gasteiger partial charge in [-0.2, -0.15) is 0 Å². The molecule has 0 heterocycles. The Kier molecular flexibility index (Phi) is 4.40. The van der Waals surface area contributed by atoms with Crippen molar-refractivity contribution >= 4 is 31.9 Å². The largest absolute Gasteiger partial charge is 0.456 e. The van der Waals surface area contributed by atoms with Crippen LogP contribution in [0.3, 0.4) is 0 Å². The molecular weight excluding hydrogens is 363 g/mol. The normalized spacial score (nSPS) is 10.4. The first-order valence-corrected chi connectivity index (χ1v) is 7.30. The van der Waals surface area contributed by atoms with Crippen molar-refractivity contribution in [1.29, 1.82) is 0 Å². The van der Waals surface area contributed by atoms with Crippen LogP contribution < -0.4 is 4.74 Å². The molecule has 0 fully saturated rings. The first-order chi connectivity index (χ1) is 8.60. The van der Waals surface area contributed by atoms with Gasteiger partial charge in [0.1, 0.15) is 17.3 Å². The van der Waals surface area contributed by atoms with Crippen LogP contribution >= 0.6 is 31.9 Å². The van der Waals surface area contributed by atoms with Gasteiger partial charge in [0.05, 0.1) is 4.47 Å². The standard InChI is InChI=1S/C14H11Br2FO/c1-9-2-4-11(7-13(9)17)18-14-5-3-10(8-15)6-12(14)16/h2-7H,8H2,1H3. The zero-order valence-electron chi connectivity index (χ0n) is 9.71. The summed E-state index contributed by atoms with van der Waals surface area (Å²) in [7, 11) is 0. The zero-order chi connectivity index (χ0) is 13.1. The molecule has 0 saturated heterocycles. The number of ether oxygens (including phenoxy) is 1. The molecule has 0 aliphatic rings. The van der Waals surface area contributed by atoms with Gasteiger partial charge in [-0.05, 0) is 52.2 Å². The molecule has 2 aromatic rings. The highest BCUT2D eigenvalue weighted by Gasteiger charge is 2.05. The number of aryl methyl sites for hydroxylation is 1. The molecule has 2 aromatic carbocycles. The van der Waals surface area contributed by atoms with Crippen molar-refractivity contribution in [3.8, 4) is 11.5 Å². The van der Waals surface area contributed by atoms with Gasteiger partial charge in [0.2, 0.25) is 0 Å². The fourth-order valence-electron chi connectivity index (χ4n) is 1.47. The zero-order valence-corrected chi connectivity index (χ0v) is 12.9. The highest BCUT2D eigenvalue weighted by Crippen LogP contribution is 2.31. The Bertz CT molecular complexity index is 570. The third kappa shape index (κ3) is 3.12. The number of hydrogen-bond acceptors (Lipinski definition) is 1. The molecule has 18 heavy (non-hydrogen) atoms. The fourth-order valence-corrected chi connectivity index (χ4v) is 2.33. The summed E-state index contributed by atoms with van der Waals surface area (Å²) in [4.78, 5) is 0. The molecular formula is C14H11Br2FO. The van der Waals surface area contributed by atoms with Crippen LogP contribution in [0.25, 0.3) is 0 Å². The molecule has 1 nitrogen and oxygen atoms in total. The first kappa shape index (κ1) is 13.6. The molecule has 0 unspecified atom stereocenters. The molecule has 0 amide bonds. The van der Waals surface area contributed by atoms with Crippen LogP contribution in [0, 0.1) is 12.7 Å². The lowest BCUT2D eigenvalue weighted by Gasteiger charge is -2.09. The highest BCUT2D eigenvalue weighted by atomic mass is 79.9. The van der Waals surface area contributed by atoms with Crippen LogP contribution in [0.4, 0.5) is 4.39 Å². The molecule has 0 spiro atoms. The Labute approximate surface area is 122 Å². The molecule has 0 bridgehead atoms. The summed E-state index contributed by atoms with van der Waals surface area (Å²) in [5, 5.41) is 0.783. The molecule has 0 N–H and O–H groups in total.